The van der Waals surface area contributed by atoms with Gasteiger partial charge in [0.05, 0.1) is 11.4 Å². The van der Waals surface area contributed by atoms with Gasteiger partial charge in [0.2, 0.25) is 5.91 Å². The molecule has 3 aromatic rings. The normalized spacial score (nSPS) is 15.7. The molecule has 1 saturated heterocycles. The molecule has 0 aliphatic carbocycles. The molecular formula is C29H34ClN5O2S. The molecule has 0 radical (unpaired) electrons. The summed E-state index contributed by atoms with van der Waals surface area (Å²) in [5.74, 6) is 0.423. The van der Waals surface area contributed by atoms with Crippen LogP contribution in [-0.4, -0.2) is 46.9 Å². The zero-order valence-corrected chi connectivity index (χ0v) is 22.8. The molecule has 2 unspecified atom stereocenters. The molecule has 3 aromatic carbocycles. The predicted octanol–water partition coefficient (Wildman–Crippen LogP) is 4.10. The molecule has 0 spiro atoms. The summed E-state index contributed by atoms with van der Waals surface area (Å²) in [6, 6.07) is 21.5. The van der Waals surface area contributed by atoms with Crippen LogP contribution < -0.4 is 16.2 Å². The summed E-state index contributed by atoms with van der Waals surface area (Å²) in [6.45, 7) is 1.98. The van der Waals surface area contributed by atoms with Gasteiger partial charge in [-0.3, -0.25) is 10.2 Å². The number of piperidine rings is 1. The Kier molecular flexibility index (Phi) is 9.82. The van der Waals surface area contributed by atoms with E-state index >= 15 is 0 Å². The maximum atomic E-state index is 13.7. The number of carbonyl (C=O) groups excluding carboxylic acids is 1. The van der Waals surface area contributed by atoms with Gasteiger partial charge in [0, 0.05) is 36.2 Å². The number of hydrogen-bond acceptors (Lipinski definition) is 5. The van der Waals surface area contributed by atoms with Crippen molar-refractivity contribution >= 4 is 34.7 Å². The van der Waals surface area contributed by atoms with E-state index in [2.05, 4.69) is 4.72 Å². The van der Waals surface area contributed by atoms with Crippen LogP contribution in [0.1, 0.15) is 30.4 Å². The van der Waals surface area contributed by atoms with E-state index in [9.17, 15) is 9.35 Å². The number of nitrogens with two attached hydrogens (primary N) is 2. The number of amides is 1. The quantitative estimate of drug-likeness (QED) is 0.171. The third kappa shape index (κ3) is 7.36. The zero-order chi connectivity index (χ0) is 27.1. The molecule has 38 heavy (non-hydrogen) atoms. The summed E-state index contributed by atoms with van der Waals surface area (Å²) in [5.41, 5.74) is 14.7. The van der Waals surface area contributed by atoms with Crippen molar-refractivity contribution in [1.29, 1.82) is 5.41 Å². The molecule has 0 saturated carbocycles. The molecule has 9 heteroatoms. The lowest BCUT2D eigenvalue weighted by Crippen LogP contribution is -2.51. The Morgan fingerprint density at radius 2 is 1.79 bits per heavy atom. The second-order valence-corrected chi connectivity index (χ2v) is 11.3. The van der Waals surface area contributed by atoms with Crippen molar-refractivity contribution in [2.45, 2.75) is 36.6 Å². The standard InChI is InChI=1S/C29H34ClN5O2S/c30-25-9-7-22(8-10-25)23-4-2-6-26(19-23)38(37)34-27(18-21-3-1-5-24(17-21)28(32)33)29(36)35-15-12-20(11-14-31)13-16-35/h1-10,17,19-20,27,34H,11-16,18,31H2,(H3,32,33). The molecule has 7 nitrogen and oxygen atoms in total. The number of nitrogen functional groups attached to an aromatic ring is 1. The third-order valence-corrected chi connectivity index (χ3v) is 8.38. The summed E-state index contributed by atoms with van der Waals surface area (Å²) in [6.07, 6.45) is 3.13. The minimum absolute atomic E-state index is 0.0350. The molecule has 1 fully saturated rings. The average molecular weight is 552 g/mol. The zero-order valence-electron chi connectivity index (χ0n) is 21.2. The maximum Gasteiger partial charge on any atom is 0.244 e. The Morgan fingerprint density at radius 1 is 1.08 bits per heavy atom. The minimum atomic E-state index is -1.63. The average Bonchev–Trinajstić information content (AvgIpc) is 2.93. The van der Waals surface area contributed by atoms with Crippen LogP contribution in [0.2, 0.25) is 5.02 Å². The summed E-state index contributed by atoms with van der Waals surface area (Å²) >= 11 is 4.40. The second kappa shape index (κ2) is 13.3. The lowest BCUT2D eigenvalue weighted by molar-refractivity contribution is -0.134. The van der Waals surface area contributed by atoms with Crippen molar-refractivity contribution in [1.82, 2.24) is 9.62 Å². The van der Waals surface area contributed by atoms with Gasteiger partial charge in [0.15, 0.2) is 4.90 Å². The highest BCUT2D eigenvalue weighted by Crippen LogP contribution is 2.25. The van der Waals surface area contributed by atoms with Gasteiger partial charge in [0.25, 0.3) is 0 Å². The number of nitrogens with one attached hydrogen (secondary N) is 2. The summed E-state index contributed by atoms with van der Waals surface area (Å²) in [4.78, 5) is 16.1. The van der Waals surface area contributed by atoms with Crippen LogP contribution in [0.25, 0.3) is 11.1 Å². The van der Waals surface area contributed by atoms with Gasteiger partial charge in [-0.15, -0.1) is 4.72 Å². The van der Waals surface area contributed by atoms with Gasteiger partial charge >= 0.3 is 0 Å². The molecule has 0 bridgehead atoms. The maximum absolute atomic E-state index is 13.7. The summed E-state index contributed by atoms with van der Waals surface area (Å²) < 4.78 is 16.6. The van der Waals surface area contributed by atoms with Crippen LogP contribution in [0.4, 0.5) is 0 Å². The van der Waals surface area contributed by atoms with Gasteiger partial charge < -0.3 is 20.9 Å². The van der Waals surface area contributed by atoms with Crippen molar-refractivity contribution in [2.24, 2.45) is 17.4 Å². The van der Waals surface area contributed by atoms with E-state index in [1.807, 2.05) is 65.6 Å². The molecule has 200 valence electrons. The van der Waals surface area contributed by atoms with Crippen molar-refractivity contribution in [3.05, 3.63) is 88.9 Å². The lowest BCUT2D eigenvalue weighted by atomic mass is 9.93. The number of halogens is 1. The largest absolute Gasteiger partial charge is 0.593 e. The number of hydrogen-bond donors (Lipinski definition) is 4. The highest BCUT2D eigenvalue weighted by molar-refractivity contribution is 7.89. The first kappa shape index (κ1) is 28.1. The van der Waals surface area contributed by atoms with Crippen LogP contribution in [0.5, 0.6) is 0 Å². The summed E-state index contributed by atoms with van der Waals surface area (Å²) in [7, 11) is 0. The minimum Gasteiger partial charge on any atom is -0.593 e. The van der Waals surface area contributed by atoms with Gasteiger partial charge in [-0.25, -0.2) is 0 Å². The van der Waals surface area contributed by atoms with E-state index in [4.69, 9.17) is 28.5 Å². The molecule has 6 N–H and O–H groups in total. The lowest BCUT2D eigenvalue weighted by Gasteiger charge is -2.34. The van der Waals surface area contributed by atoms with Gasteiger partial charge in [-0.1, -0.05) is 54.1 Å². The first-order chi connectivity index (χ1) is 18.3. The van der Waals surface area contributed by atoms with Crippen molar-refractivity contribution in [3.8, 4) is 11.1 Å². The molecule has 0 aromatic heterocycles. The van der Waals surface area contributed by atoms with Crippen molar-refractivity contribution in [3.63, 3.8) is 0 Å². The fourth-order valence-electron chi connectivity index (χ4n) is 4.81. The van der Waals surface area contributed by atoms with E-state index in [1.165, 1.54) is 0 Å². The first-order valence-electron chi connectivity index (χ1n) is 12.8. The molecule has 1 heterocycles. The Balaban J connectivity index is 1.54. The van der Waals surface area contributed by atoms with Crippen molar-refractivity contribution in [2.75, 3.05) is 19.6 Å². The number of amidine groups is 1. The second-order valence-electron chi connectivity index (χ2n) is 9.64. The molecule has 2 atom stereocenters. The molecule has 1 amide bonds. The highest BCUT2D eigenvalue weighted by Gasteiger charge is 2.32. The Labute approximate surface area is 232 Å². The number of benzene rings is 3. The third-order valence-electron chi connectivity index (χ3n) is 6.95. The Bertz CT molecular complexity index is 1250. The van der Waals surface area contributed by atoms with E-state index in [0.717, 1.165) is 36.0 Å². The fraction of sp³-hybridized carbons (Fsp3) is 0.310. The highest BCUT2D eigenvalue weighted by atomic mass is 35.5. The van der Waals surface area contributed by atoms with E-state index in [-0.39, 0.29) is 11.7 Å². The molecule has 1 aliphatic heterocycles. The van der Waals surface area contributed by atoms with E-state index in [1.54, 1.807) is 12.1 Å². The predicted molar refractivity (Wildman–Crippen MR) is 154 cm³/mol. The fourth-order valence-corrected chi connectivity index (χ4v) is 5.95. The van der Waals surface area contributed by atoms with Crippen LogP contribution in [0.15, 0.2) is 77.7 Å². The first-order valence-corrected chi connectivity index (χ1v) is 14.3. The smallest absolute Gasteiger partial charge is 0.244 e. The van der Waals surface area contributed by atoms with Crippen LogP contribution in [0.3, 0.4) is 0 Å². The van der Waals surface area contributed by atoms with Crippen molar-refractivity contribution < 1.29 is 9.35 Å². The summed E-state index contributed by atoms with van der Waals surface area (Å²) in [5, 5.41) is 8.41. The number of rotatable bonds is 10. The molecule has 4 rings (SSSR count). The Hall–Kier alpha value is -2.88. The van der Waals surface area contributed by atoms with E-state index < -0.39 is 17.4 Å². The molecular weight excluding hydrogens is 518 g/mol. The van der Waals surface area contributed by atoms with Gasteiger partial charge in [0.1, 0.15) is 11.9 Å². The number of likely N-dealkylation sites (tertiary alicyclic amines) is 1. The van der Waals surface area contributed by atoms with Crippen LogP contribution >= 0.6 is 11.6 Å². The molecule has 1 aliphatic rings. The number of nitrogens with zero attached hydrogens (tertiary/aromatic N) is 1. The SMILES string of the molecule is N=C(N)c1cccc(CC(N[S+]([O-])c2cccc(-c3ccc(Cl)cc3)c2)C(=O)N2CCC(CCN)CC2)c1. The van der Waals surface area contributed by atoms with Crippen LogP contribution in [0, 0.1) is 11.3 Å². The van der Waals surface area contributed by atoms with Gasteiger partial charge in [-0.05, 0) is 72.7 Å². The number of carbonyl (C=O) groups is 1. The topological polar surface area (TPSA) is 131 Å². The monoisotopic (exact) mass is 551 g/mol. The van der Waals surface area contributed by atoms with E-state index in [0.29, 0.717) is 47.5 Å². The van der Waals surface area contributed by atoms with Gasteiger partial charge in [-0.2, -0.15) is 0 Å². The Morgan fingerprint density at radius 3 is 2.47 bits per heavy atom. The van der Waals surface area contributed by atoms with Crippen LogP contribution in [-0.2, 0) is 22.6 Å².